The number of rotatable bonds is 7. The van der Waals surface area contributed by atoms with Gasteiger partial charge in [0, 0.05) is 13.1 Å². The number of hydrogen-bond donors (Lipinski definition) is 3. The van der Waals surface area contributed by atoms with Gasteiger partial charge in [0.15, 0.2) is 29.1 Å². The van der Waals surface area contributed by atoms with Crippen molar-refractivity contribution in [1.82, 2.24) is 4.90 Å². The zero-order valence-electron chi connectivity index (χ0n) is 25.1. The normalized spacial score (nSPS) is 16.6. The second-order valence-electron chi connectivity index (χ2n) is 8.99. The number of likely N-dealkylation sites (tertiary alicyclic amines) is 1. The number of phenols is 1. The zero-order chi connectivity index (χ0) is 30.7. The molecule has 3 rings (SSSR count). The van der Waals surface area contributed by atoms with Crippen molar-refractivity contribution in [3.8, 4) is 18.6 Å². The van der Waals surface area contributed by atoms with Gasteiger partial charge in [-0.2, -0.15) is 0 Å². The molecule has 1 aromatic rings. The molecule has 1 fully saturated rings. The lowest BCUT2D eigenvalue weighted by Crippen LogP contribution is -2.38. The Bertz CT molecular complexity index is 1110. The molecule has 5 N–H and O–H groups in total. The Morgan fingerprint density at radius 3 is 2.17 bits per heavy atom. The minimum Gasteiger partial charge on any atom is -0.505 e. The number of hydrogen-bond acceptors (Lipinski definition) is 7. The van der Waals surface area contributed by atoms with Crippen LogP contribution >= 0.6 is 0 Å². The van der Waals surface area contributed by atoms with Crippen LogP contribution < -0.4 is 11.5 Å². The maximum absolute atomic E-state index is 12.8. The lowest BCUT2D eigenvalue weighted by molar-refractivity contribution is 0.0790. The molecule has 0 aliphatic carbocycles. The SMILES string of the molecule is C#C.CC.CC(C)C.CC/C=C(/CN=C1N=C(N)C(N)=NC1=Nc1cccc(C(=O)N2CCCC2)c1O)OCC. The summed E-state index contributed by atoms with van der Waals surface area (Å²) in [4.78, 5) is 31.7. The van der Waals surface area contributed by atoms with Gasteiger partial charge in [-0.1, -0.05) is 47.6 Å². The molecule has 10 nitrogen and oxygen atoms in total. The first-order valence-electron chi connectivity index (χ1n) is 13.8. The van der Waals surface area contributed by atoms with Gasteiger partial charge in [-0.25, -0.2) is 15.0 Å². The summed E-state index contributed by atoms with van der Waals surface area (Å²) >= 11 is 0. The zero-order valence-corrected chi connectivity index (χ0v) is 25.1. The van der Waals surface area contributed by atoms with E-state index in [1.807, 2.05) is 33.8 Å². The van der Waals surface area contributed by atoms with Gasteiger partial charge in [0.25, 0.3) is 5.91 Å². The Labute approximate surface area is 240 Å². The lowest BCUT2D eigenvalue weighted by atomic mass is 10.1. The van der Waals surface area contributed by atoms with Crippen molar-refractivity contribution >= 4 is 34.9 Å². The number of aliphatic imine (C=N–C) groups is 4. The van der Waals surface area contributed by atoms with E-state index < -0.39 is 0 Å². The molecule has 1 saturated heterocycles. The third kappa shape index (κ3) is 11.7. The van der Waals surface area contributed by atoms with Crippen molar-refractivity contribution in [3.63, 3.8) is 0 Å². The second kappa shape index (κ2) is 19.9. The Kier molecular flexibility index (Phi) is 17.8. The highest BCUT2D eigenvalue weighted by Crippen LogP contribution is 2.32. The van der Waals surface area contributed by atoms with E-state index in [0.717, 1.165) is 25.2 Å². The summed E-state index contributed by atoms with van der Waals surface area (Å²) in [6, 6.07) is 4.81. The van der Waals surface area contributed by atoms with Crippen molar-refractivity contribution in [2.24, 2.45) is 37.4 Å². The average molecular weight is 554 g/mol. The molecule has 0 atom stereocenters. The molecule has 0 aromatic heterocycles. The van der Waals surface area contributed by atoms with E-state index in [1.54, 1.807) is 23.1 Å². The van der Waals surface area contributed by atoms with E-state index >= 15 is 0 Å². The number of carbonyl (C=O) groups is 1. The molecular weight excluding hydrogens is 506 g/mol. The molecule has 0 bridgehead atoms. The van der Waals surface area contributed by atoms with Crippen molar-refractivity contribution in [1.29, 1.82) is 0 Å². The number of para-hydroxylation sites is 1. The summed E-state index contributed by atoms with van der Waals surface area (Å²) in [6.45, 7) is 16.5. The summed E-state index contributed by atoms with van der Waals surface area (Å²) in [7, 11) is 0. The molecule has 220 valence electrons. The van der Waals surface area contributed by atoms with Crippen molar-refractivity contribution in [3.05, 3.63) is 35.6 Å². The van der Waals surface area contributed by atoms with Crippen LogP contribution in [-0.2, 0) is 4.74 Å². The largest absolute Gasteiger partial charge is 0.505 e. The first-order chi connectivity index (χ1) is 19.2. The van der Waals surface area contributed by atoms with E-state index in [1.165, 1.54) is 0 Å². The van der Waals surface area contributed by atoms with Crippen LogP contribution in [0.2, 0.25) is 0 Å². The van der Waals surface area contributed by atoms with E-state index in [0.29, 0.717) is 25.5 Å². The van der Waals surface area contributed by atoms with E-state index in [9.17, 15) is 9.90 Å². The van der Waals surface area contributed by atoms with Gasteiger partial charge in [0.05, 0.1) is 18.7 Å². The topological polar surface area (TPSA) is 151 Å². The maximum atomic E-state index is 12.8. The monoisotopic (exact) mass is 553 g/mol. The number of amides is 1. The molecular formula is C30H47N7O3. The standard InChI is InChI=1S/C22H29N7O3.C4H10.C2H6.C2H2/c1-3-8-14(32-4-2)13-25-20-21(28-19(24)18(23)27-20)26-16-10-7-9-15(17(16)30)22(31)29-11-5-6-12-29;1-4(2)3;2*1-2/h7-10,30H,3-6,11-13H2,1-2H3,(H2,23,25,27)(H2,24,26,28);4H,1-3H3;1-2H3;1-2H/b14-8-;;;. The summed E-state index contributed by atoms with van der Waals surface area (Å²) in [6.07, 6.45) is 12.6. The third-order valence-corrected chi connectivity index (χ3v) is 4.93. The minimum absolute atomic E-state index is 0.000574. The Morgan fingerprint density at radius 2 is 1.65 bits per heavy atom. The summed E-state index contributed by atoms with van der Waals surface area (Å²) in [5.74, 6) is 1.35. The van der Waals surface area contributed by atoms with Gasteiger partial charge in [0.1, 0.15) is 11.4 Å². The smallest absolute Gasteiger partial charge is 0.257 e. The van der Waals surface area contributed by atoms with Gasteiger partial charge in [-0.15, -0.1) is 12.8 Å². The van der Waals surface area contributed by atoms with Crippen molar-refractivity contribution < 1.29 is 14.6 Å². The molecule has 0 radical (unpaired) electrons. The molecule has 2 aliphatic rings. The number of nitrogens with two attached hydrogens (primary N) is 2. The van der Waals surface area contributed by atoms with Crippen LogP contribution in [0.5, 0.6) is 5.75 Å². The van der Waals surface area contributed by atoms with Crippen LogP contribution in [0.4, 0.5) is 5.69 Å². The number of aromatic hydroxyl groups is 1. The van der Waals surface area contributed by atoms with Crippen LogP contribution in [0, 0.1) is 18.8 Å². The molecule has 1 aromatic carbocycles. The highest BCUT2D eigenvalue weighted by atomic mass is 16.5. The Hall–Kier alpha value is -4.13. The van der Waals surface area contributed by atoms with Crippen LogP contribution in [-0.4, -0.2) is 65.5 Å². The number of allylic oxidation sites excluding steroid dienone is 1. The van der Waals surface area contributed by atoms with Crippen LogP contribution in [0.1, 0.15) is 78.1 Å². The van der Waals surface area contributed by atoms with Gasteiger partial charge in [0.2, 0.25) is 0 Å². The number of carbonyl (C=O) groups excluding carboxylic acids is 1. The summed E-state index contributed by atoms with van der Waals surface area (Å²) in [5.41, 5.74) is 12.0. The van der Waals surface area contributed by atoms with Gasteiger partial charge in [-0.05, 0) is 50.3 Å². The number of nitrogens with zero attached hydrogens (tertiary/aromatic N) is 5. The van der Waals surface area contributed by atoms with Crippen LogP contribution in [0.25, 0.3) is 0 Å². The Morgan fingerprint density at radius 1 is 1.10 bits per heavy atom. The van der Waals surface area contributed by atoms with Gasteiger partial charge >= 0.3 is 0 Å². The predicted molar refractivity (Wildman–Crippen MR) is 168 cm³/mol. The second-order valence-corrected chi connectivity index (χ2v) is 8.99. The maximum Gasteiger partial charge on any atom is 0.257 e. The summed E-state index contributed by atoms with van der Waals surface area (Å²) in [5, 5.41) is 10.7. The lowest BCUT2D eigenvalue weighted by Gasteiger charge is -2.16. The number of phenolic OH excluding ortho intramolecular Hbond substituents is 1. The highest BCUT2D eigenvalue weighted by Gasteiger charge is 2.24. The number of amidine groups is 4. The fourth-order valence-electron chi connectivity index (χ4n) is 3.36. The Balaban J connectivity index is 0.00000171. The molecule has 40 heavy (non-hydrogen) atoms. The number of terminal acetylenes is 1. The number of benzene rings is 1. The predicted octanol–water partition coefficient (Wildman–Crippen LogP) is 5.05. The molecule has 0 unspecified atom stereocenters. The van der Waals surface area contributed by atoms with E-state index in [4.69, 9.17) is 16.2 Å². The van der Waals surface area contributed by atoms with Crippen LogP contribution in [0.15, 0.2) is 50.0 Å². The summed E-state index contributed by atoms with van der Waals surface area (Å²) < 4.78 is 5.58. The molecule has 0 spiro atoms. The van der Waals surface area contributed by atoms with Crippen molar-refractivity contribution in [2.45, 2.75) is 67.7 Å². The van der Waals surface area contributed by atoms with Gasteiger partial charge in [-0.3, -0.25) is 9.79 Å². The van der Waals surface area contributed by atoms with Crippen LogP contribution in [0.3, 0.4) is 0 Å². The quantitative estimate of drug-likeness (QED) is 0.319. The third-order valence-electron chi connectivity index (χ3n) is 4.93. The molecule has 2 heterocycles. The molecule has 10 heteroatoms. The fraction of sp³-hybridized carbons (Fsp3) is 0.500. The minimum atomic E-state index is -0.228. The average Bonchev–Trinajstić information content (AvgIpc) is 3.48. The first kappa shape index (κ1) is 35.9. The van der Waals surface area contributed by atoms with E-state index in [-0.39, 0.29) is 52.8 Å². The highest BCUT2D eigenvalue weighted by molar-refractivity contribution is 6.55. The molecule has 2 aliphatic heterocycles. The van der Waals surface area contributed by atoms with Crippen molar-refractivity contribution in [2.75, 3.05) is 26.2 Å². The van der Waals surface area contributed by atoms with Gasteiger partial charge < -0.3 is 26.2 Å². The van der Waals surface area contributed by atoms with E-state index in [2.05, 4.69) is 53.6 Å². The molecule has 0 saturated carbocycles. The first-order valence-corrected chi connectivity index (χ1v) is 13.8. The number of ether oxygens (including phenoxy) is 1. The molecule has 1 amide bonds. The fourth-order valence-corrected chi connectivity index (χ4v) is 3.36.